The van der Waals surface area contributed by atoms with Crippen LogP contribution in [0.5, 0.6) is 0 Å². The van der Waals surface area contributed by atoms with Crippen LogP contribution in [0, 0.1) is 0 Å². The first kappa shape index (κ1) is 15.1. The molecule has 2 rings (SSSR count). The van der Waals surface area contributed by atoms with Crippen molar-refractivity contribution in [3.8, 4) is 0 Å². The number of hydrogen-bond acceptors (Lipinski definition) is 1. The first-order valence-corrected chi connectivity index (χ1v) is 7.58. The van der Waals surface area contributed by atoms with E-state index in [2.05, 4.69) is 61.6 Å². The summed E-state index contributed by atoms with van der Waals surface area (Å²) in [6, 6.07) is 19.5. The van der Waals surface area contributed by atoms with Gasteiger partial charge in [-0.2, -0.15) is 0 Å². The van der Waals surface area contributed by atoms with Crippen molar-refractivity contribution >= 4 is 11.6 Å². The van der Waals surface area contributed by atoms with E-state index >= 15 is 0 Å². The second-order valence-electron chi connectivity index (χ2n) is 5.37. The molecule has 0 amide bonds. The Balaban J connectivity index is 1.82. The number of benzene rings is 2. The number of aryl methyl sites for hydroxylation is 1. The molecule has 0 heterocycles. The molecule has 106 valence electrons. The third-order valence-corrected chi connectivity index (χ3v) is 3.87. The Morgan fingerprint density at radius 1 is 0.950 bits per heavy atom. The minimum Gasteiger partial charge on any atom is -0.308 e. The Morgan fingerprint density at radius 2 is 1.60 bits per heavy atom. The number of hydrogen-bond donors (Lipinski definition) is 1. The third kappa shape index (κ3) is 4.66. The van der Waals surface area contributed by atoms with Gasteiger partial charge in [-0.1, -0.05) is 54.1 Å². The Morgan fingerprint density at radius 3 is 2.25 bits per heavy atom. The fourth-order valence-corrected chi connectivity index (χ4v) is 2.51. The van der Waals surface area contributed by atoms with Gasteiger partial charge in [-0.3, -0.25) is 0 Å². The SMILES string of the molecule is CC(CCc1ccccc1)NC(C)c1ccc(Cl)cc1. The van der Waals surface area contributed by atoms with Crippen LogP contribution in [0.4, 0.5) is 0 Å². The smallest absolute Gasteiger partial charge is 0.0406 e. The molecule has 20 heavy (non-hydrogen) atoms. The van der Waals surface area contributed by atoms with E-state index in [1.807, 2.05) is 12.1 Å². The highest BCUT2D eigenvalue weighted by Crippen LogP contribution is 2.17. The van der Waals surface area contributed by atoms with Crippen molar-refractivity contribution in [3.05, 3.63) is 70.7 Å². The monoisotopic (exact) mass is 287 g/mol. The van der Waals surface area contributed by atoms with E-state index in [0.29, 0.717) is 12.1 Å². The summed E-state index contributed by atoms with van der Waals surface area (Å²) in [5, 5.41) is 4.43. The van der Waals surface area contributed by atoms with Crippen LogP contribution in [0.25, 0.3) is 0 Å². The zero-order valence-electron chi connectivity index (χ0n) is 12.1. The zero-order valence-corrected chi connectivity index (χ0v) is 12.9. The molecule has 0 aliphatic rings. The highest BCUT2D eigenvalue weighted by molar-refractivity contribution is 6.30. The van der Waals surface area contributed by atoms with Crippen LogP contribution >= 0.6 is 11.6 Å². The molecule has 2 atom stereocenters. The molecule has 0 bridgehead atoms. The Bertz CT molecular complexity index is 507. The summed E-state index contributed by atoms with van der Waals surface area (Å²) in [5.41, 5.74) is 2.68. The maximum absolute atomic E-state index is 5.92. The average molecular weight is 288 g/mol. The third-order valence-electron chi connectivity index (χ3n) is 3.61. The van der Waals surface area contributed by atoms with Gasteiger partial charge in [-0.05, 0) is 49.9 Å². The van der Waals surface area contributed by atoms with Gasteiger partial charge in [-0.25, -0.2) is 0 Å². The Hall–Kier alpha value is -1.31. The summed E-state index contributed by atoms with van der Waals surface area (Å²) in [7, 11) is 0. The van der Waals surface area contributed by atoms with E-state index < -0.39 is 0 Å². The Kier molecular flexibility index (Phi) is 5.63. The lowest BCUT2D eigenvalue weighted by atomic mass is 10.0. The minimum absolute atomic E-state index is 0.345. The molecule has 2 unspecified atom stereocenters. The van der Waals surface area contributed by atoms with Gasteiger partial charge < -0.3 is 5.32 Å². The van der Waals surface area contributed by atoms with Crippen LogP contribution < -0.4 is 5.32 Å². The molecule has 0 aromatic heterocycles. The number of rotatable bonds is 6. The highest BCUT2D eigenvalue weighted by atomic mass is 35.5. The molecular weight excluding hydrogens is 266 g/mol. The molecule has 0 saturated carbocycles. The summed E-state index contributed by atoms with van der Waals surface area (Å²) in [4.78, 5) is 0. The Labute approximate surface area is 127 Å². The van der Waals surface area contributed by atoms with E-state index in [1.165, 1.54) is 11.1 Å². The van der Waals surface area contributed by atoms with Crippen LogP contribution in [0.15, 0.2) is 54.6 Å². The fourth-order valence-electron chi connectivity index (χ4n) is 2.39. The van der Waals surface area contributed by atoms with Crippen molar-refractivity contribution in [2.24, 2.45) is 0 Å². The highest BCUT2D eigenvalue weighted by Gasteiger charge is 2.09. The molecule has 0 aliphatic heterocycles. The van der Waals surface area contributed by atoms with Crippen LogP contribution in [0.1, 0.15) is 37.4 Å². The van der Waals surface area contributed by atoms with Crippen molar-refractivity contribution in [3.63, 3.8) is 0 Å². The topological polar surface area (TPSA) is 12.0 Å². The van der Waals surface area contributed by atoms with Gasteiger partial charge >= 0.3 is 0 Å². The lowest BCUT2D eigenvalue weighted by Crippen LogP contribution is -2.29. The van der Waals surface area contributed by atoms with Gasteiger partial charge in [0.25, 0.3) is 0 Å². The molecule has 0 radical (unpaired) electrons. The van der Waals surface area contributed by atoms with Crippen molar-refractivity contribution in [2.75, 3.05) is 0 Å². The largest absolute Gasteiger partial charge is 0.308 e. The van der Waals surface area contributed by atoms with Crippen molar-refractivity contribution < 1.29 is 0 Å². The molecule has 2 heteroatoms. The molecule has 0 spiro atoms. The minimum atomic E-state index is 0.345. The summed E-state index contributed by atoms with van der Waals surface area (Å²) in [5.74, 6) is 0. The van der Waals surface area contributed by atoms with Crippen molar-refractivity contribution in [2.45, 2.75) is 38.8 Å². The van der Waals surface area contributed by atoms with Gasteiger partial charge in [0.2, 0.25) is 0 Å². The van der Waals surface area contributed by atoms with E-state index in [-0.39, 0.29) is 0 Å². The quantitative estimate of drug-likeness (QED) is 0.787. The van der Waals surface area contributed by atoms with E-state index in [0.717, 1.165) is 17.9 Å². The maximum Gasteiger partial charge on any atom is 0.0406 e. The van der Waals surface area contributed by atoms with E-state index in [1.54, 1.807) is 0 Å². The first-order chi connectivity index (χ1) is 9.65. The molecule has 0 saturated heterocycles. The lowest BCUT2D eigenvalue weighted by Gasteiger charge is -2.20. The normalized spacial score (nSPS) is 13.9. The lowest BCUT2D eigenvalue weighted by molar-refractivity contribution is 0.456. The second kappa shape index (κ2) is 7.47. The average Bonchev–Trinajstić information content (AvgIpc) is 2.47. The van der Waals surface area contributed by atoms with E-state index in [4.69, 9.17) is 11.6 Å². The molecule has 1 nitrogen and oxygen atoms in total. The van der Waals surface area contributed by atoms with Gasteiger partial charge in [-0.15, -0.1) is 0 Å². The summed E-state index contributed by atoms with van der Waals surface area (Å²) in [6.07, 6.45) is 2.25. The maximum atomic E-state index is 5.92. The van der Waals surface area contributed by atoms with Crippen molar-refractivity contribution in [1.82, 2.24) is 5.32 Å². The van der Waals surface area contributed by atoms with E-state index in [9.17, 15) is 0 Å². The second-order valence-corrected chi connectivity index (χ2v) is 5.80. The van der Waals surface area contributed by atoms with Gasteiger partial charge in [0.05, 0.1) is 0 Å². The predicted molar refractivity (Wildman–Crippen MR) is 87.2 cm³/mol. The molecule has 0 aliphatic carbocycles. The molecule has 2 aromatic carbocycles. The number of halogens is 1. The fraction of sp³-hybridized carbons (Fsp3) is 0.333. The molecular formula is C18H22ClN. The van der Waals surface area contributed by atoms with Gasteiger partial charge in [0.15, 0.2) is 0 Å². The molecule has 1 N–H and O–H groups in total. The standard InChI is InChI=1S/C18H22ClN/c1-14(8-9-16-6-4-3-5-7-16)20-15(2)17-10-12-18(19)13-11-17/h3-7,10-15,20H,8-9H2,1-2H3. The summed E-state index contributed by atoms with van der Waals surface area (Å²) >= 11 is 5.92. The van der Waals surface area contributed by atoms with Crippen LogP contribution in [0.2, 0.25) is 5.02 Å². The van der Waals surface area contributed by atoms with Crippen LogP contribution in [-0.2, 0) is 6.42 Å². The first-order valence-electron chi connectivity index (χ1n) is 7.20. The zero-order chi connectivity index (χ0) is 14.4. The van der Waals surface area contributed by atoms with Gasteiger partial charge in [0.1, 0.15) is 0 Å². The van der Waals surface area contributed by atoms with Gasteiger partial charge in [0, 0.05) is 17.1 Å². The summed E-state index contributed by atoms with van der Waals surface area (Å²) in [6.45, 7) is 4.44. The predicted octanol–water partition coefficient (Wildman–Crippen LogP) is 5.01. The molecule has 0 fully saturated rings. The summed E-state index contributed by atoms with van der Waals surface area (Å²) < 4.78 is 0. The van der Waals surface area contributed by atoms with Crippen LogP contribution in [-0.4, -0.2) is 6.04 Å². The number of nitrogens with one attached hydrogen (secondary N) is 1. The van der Waals surface area contributed by atoms with Crippen LogP contribution in [0.3, 0.4) is 0 Å². The van der Waals surface area contributed by atoms with Crippen molar-refractivity contribution in [1.29, 1.82) is 0 Å². The molecule has 2 aromatic rings.